The Kier molecular flexibility index (Phi) is 5.48. The molecule has 0 spiro atoms. The fourth-order valence-electron chi connectivity index (χ4n) is 3.96. The van der Waals surface area contributed by atoms with E-state index < -0.39 is 0 Å². The van der Waals surface area contributed by atoms with E-state index in [1.54, 1.807) is 24.3 Å². The Morgan fingerprint density at radius 1 is 1.06 bits per heavy atom. The number of ether oxygens (including phenoxy) is 1. The lowest BCUT2D eigenvalue weighted by atomic mass is 10.1. The topological polar surface area (TPSA) is 75.0 Å². The minimum Gasteiger partial charge on any atom is -0.493 e. The van der Waals surface area contributed by atoms with Gasteiger partial charge in [-0.05, 0) is 41.5 Å². The zero-order chi connectivity index (χ0) is 21.2. The molecule has 0 radical (unpaired) electrons. The van der Waals surface area contributed by atoms with E-state index in [1.165, 1.54) is 28.7 Å². The van der Waals surface area contributed by atoms with Crippen LogP contribution in [-0.2, 0) is 13.0 Å². The van der Waals surface area contributed by atoms with Gasteiger partial charge in [-0.25, -0.2) is 0 Å². The number of nitrogens with one attached hydrogen (secondary N) is 1. The number of carbonyl (C=O) groups excluding carboxylic acids is 2. The second-order valence-electron chi connectivity index (χ2n) is 7.70. The van der Waals surface area contributed by atoms with Gasteiger partial charge in [-0.15, -0.1) is 11.3 Å². The molecule has 0 bridgehead atoms. The lowest BCUT2D eigenvalue weighted by Gasteiger charge is -2.34. The maximum atomic E-state index is 12.9. The molecule has 2 aromatic heterocycles. The van der Waals surface area contributed by atoms with Crippen LogP contribution in [0, 0.1) is 0 Å². The van der Waals surface area contributed by atoms with Crippen molar-refractivity contribution in [1.82, 2.24) is 9.80 Å². The molecule has 1 N–H and O–H groups in total. The molecule has 160 valence electrons. The summed E-state index contributed by atoms with van der Waals surface area (Å²) in [5.41, 5.74) is 2.58. The maximum Gasteiger partial charge on any atom is 0.291 e. The van der Waals surface area contributed by atoms with Gasteiger partial charge in [0.05, 0.1) is 22.7 Å². The Labute approximate surface area is 184 Å². The molecule has 0 unspecified atom stereocenters. The Morgan fingerprint density at radius 2 is 1.94 bits per heavy atom. The smallest absolute Gasteiger partial charge is 0.291 e. The molecule has 0 saturated carbocycles. The molecule has 5 rings (SSSR count). The molecule has 4 heterocycles. The summed E-state index contributed by atoms with van der Waals surface area (Å²) in [6.07, 6.45) is 2.44. The standard InChI is InChI=1S/C23H23N3O4S/c27-22(19-2-1-12-29-19)24-21-6-5-20(31-21)23(28)26-10-8-25(9-11-26)15-16-3-4-18-17(14-16)7-13-30-18/h1-6,12,14H,7-11,13,15H2,(H,24,27). The highest BCUT2D eigenvalue weighted by atomic mass is 32.1. The molecule has 2 amide bonds. The molecule has 31 heavy (non-hydrogen) atoms. The number of carbonyl (C=O) groups is 2. The van der Waals surface area contributed by atoms with Crippen molar-refractivity contribution in [1.29, 1.82) is 0 Å². The molecular weight excluding hydrogens is 414 g/mol. The number of furan rings is 1. The van der Waals surface area contributed by atoms with Gasteiger partial charge in [0.25, 0.3) is 11.8 Å². The van der Waals surface area contributed by atoms with Gasteiger partial charge >= 0.3 is 0 Å². The molecule has 1 saturated heterocycles. The minimum atomic E-state index is -0.322. The van der Waals surface area contributed by atoms with Crippen LogP contribution in [0.3, 0.4) is 0 Å². The minimum absolute atomic E-state index is 0.0119. The SMILES string of the molecule is O=C(Nc1ccc(C(=O)N2CCN(Cc3ccc4c(c3)CCO4)CC2)s1)c1ccco1. The van der Waals surface area contributed by atoms with Crippen molar-refractivity contribution in [2.45, 2.75) is 13.0 Å². The number of anilines is 1. The normalized spacial score (nSPS) is 16.1. The third kappa shape index (κ3) is 4.35. The highest BCUT2D eigenvalue weighted by Crippen LogP contribution is 2.27. The van der Waals surface area contributed by atoms with Crippen molar-refractivity contribution in [3.8, 4) is 5.75 Å². The summed E-state index contributed by atoms with van der Waals surface area (Å²) < 4.78 is 10.7. The van der Waals surface area contributed by atoms with E-state index in [0.29, 0.717) is 23.0 Å². The van der Waals surface area contributed by atoms with Gasteiger partial charge in [0.1, 0.15) is 5.75 Å². The Morgan fingerprint density at radius 3 is 2.74 bits per heavy atom. The van der Waals surface area contributed by atoms with Crippen LogP contribution in [0.4, 0.5) is 5.00 Å². The molecule has 0 aliphatic carbocycles. The number of piperazine rings is 1. The third-order valence-electron chi connectivity index (χ3n) is 5.62. The van der Waals surface area contributed by atoms with Crippen molar-refractivity contribution in [2.75, 3.05) is 38.1 Å². The average Bonchev–Trinajstić information content (AvgIpc) is 3.55. The van der Waals surface area contributed by atoms with Gasteiger partial charge in [-0.3, -0.25) is 14.5 Å². The Hall–Kier alpha value is -3.10. The second-order valence-corrected chi connectivity index (χ2v) is 8.79. The number of thiophene rings is 1. The number of hydrogen-bond donors (Lipinski definition) is 1. The molecule has 8 heteroatoms. The fourth-order valence-corrected chi connectivity index (χ4v) is 4.83. The number of rotatable bonds is 5. The monoisotopic (exact) mass is 437 g/mol. The summed E-state index contributed by atoms with van der Waals surface area (Å²) >= 11 is 1.28. The number of nitrogens with zero attached hydrogens (tertiary/aromatic N) is 2. The molecule has 2 aliphatic heterocycles. The highest BCUT2D eigenvalue weighted by molar-refractivity contribution is 7.18. The Balaban J connectivity index is 1.14. The zero-order valence-electron chi connectivity index (χ0n) is 17.0. The van der Waals surface area contributed by atoms with E-state index in [0.717, 1.165) is 38.4 Å². The van der Waals surface area contributed by atoms with Crippen LogP contribution in [0.2, 0.25) is 0 Å². The van der Waals surface area contributed by atoms with Crippen molar-refractivity contribution < 1.29 is 18.7 Å². The summed E-state index contributed by atoms with van der Waals surface area (Å²) in [7, 11) is 0. The van der Waals surface area contributed by atoms with Crippen LogP contribution in [0.15, 0.2) is 53.1 Å². The Bertz CT molecular complexity index is 1080. The quantitative estimate of drug-likeness (QED) is 0.661. The van der Waals surface area contributed by atoms with Crippen LogP contribution in [0.1, 0.15) is 31.4 Å². The van der Waals surface area contributed by atoms with Crippen LogP contribution in [0.5, 0.6) is 5.75 Å². The summed E-state index contributed by atoms with van der Waals surface area (Å²) in [6.45, 7) is 4.73. The van der Waals surface area contributed by atoms with E-state index >= 15 is 0 Å². The predicted molar refractivity (Wildman–Crippen MR) is 118 cm³/mol. The van der Waals surface area contributed by atoms with Gasteiger partial charge in [-0.1, -0.05) is 12.1 Å². The van der Waals surface area contributed by atoms with E-state index in [9.17, 15) is 9.59 Å². The van der Waals surface area contributed by atoms with Crippen LogP contribution in [-0.4, -0.2) is 54.4 Å². The molecular formula is C23H23N3O4S. The number of amides is 2. The molecule has 1 fully saturated rings. The van der Waals surface area contributed by atoms with Crippen molar-refractivity contribution >= 4 is 28.2 Å². The average molecular weight is 438 g/mol. The lowest BCUT2D eigenvalue weighted by molar-refractivity contribution is 0.0633. The van der Waals surface area contributed by atoms with Gasteiger partial charge in [0, 0.05) is 39.1 Å². The van der Waals surface area contributed by atoms with Crippen molar-refractivity contribution in [3.63, 3.8) is 0 Å². The summed E-state index contributed by atoms with van der Waals surface area (Å²) in [5.74, 6) is 0.943. The summed E-state index contributed by atoms with van der Waals surface area (Å²) in [6, 6.07) is 13.2. The van der Waals surface area contributed by atoms with E-state index in [1.807, 2.05) is 4.90 Å². The largest absolute Gasteiger partial charge is 0.493 e. The van der Waals surface area contributed by atoms with Gasteiger partial charge in [0.2, 0.25) is 0 Å². The van der Waals surface area contributed by atoms with E-state index in [-0.39, 0.29) is 17.6 Å². The molecule has 0 atom stereocenters. The van der Waals surface area contributed by atoms with Gasteiger partial charge in [-0.2, -0.15) is 0 Å². The second kappa shape index (κ2) is 8.56. The van der Waals surface area contributed by atoms with Crippen LogP contribution in [0.25, 0.3) is 0 Å². The van der Waals surface area contributed by atoms with Gasteiger partial charge in [0.15, 0.2) is 5.76 Å². The molecule has 2 aliphatic rings. The first-order valence-corrected chi connectivity index (χ1v) is 11.2. The van der Waals surface area contributed by atoms with Crippen LogP contribution < -0.4 is 10.1 Å². The predicted octanol–water partition coefficient (Wildman–Crippen LogP) is 3.49. The van der Waals surface area contributed by atoms with Crippen molar-refractivity contribution in [3.05, 3.63) is 70.5 Å². The maximum absolute atomic E-state index is 12.9. The highest BCUT2D eigenvalue weighted by Gasteiger charge is 2.24. The first kappa shape index (κ1) is 19.8. The zero-order valence-corrected chi connectivity index (χ0v) is 17.8. The number of fused-ring (bicyclic) bond motifs is 1. The molecule has 7 nitrogen and oxygen atoms in total. The van der Waals surface area contributed by atoms with Crippen molar-refractivity contribution in [2.24, 2.45) is 0 Å². The van der Waals surface area contributed by atoms with Gasteiger partial charge < -0.3 is 19.4 Å². The summed E-state index contributed by atoms with van der Waals surface area (Å²) in [5, 5.41) is 3.40. The van der Waals surface area contributed by atoms with Crippen LogP contribution >= 0.6 is 11.3 Å². The first-order valence-electron chi connectivity index (χ1n) is 10.4. The van der Waals surface area contributed by atoms with E-state index in [2.05, 4.69) is 28.4 Å². The van der Waals surface area contributed by atoms with E-state index in [4.69, 9.17) is 9.15 Å². The molecule has 1 aromatic carbocycles. The number of benzene rings is 1. The summed E-state index contributed by atoms with van der Waals surface area (Å²) in [4.78, 5) is 29.9. The third-order valence-corrected chi connectivity index (χ3v) is 6.61. The fraction of sp³-hybridized carbons (Fsp3) is 0.304. The molecule has 3 aromatic rings. The lowest BCUT2D eigenvalue weighted by Crippen LogP contribution is -2.48. The first-order chi connectivity index (χ1) is 15.2. The number of hydrogen-bond acceptors (Lipinski definition) is 6.